The highest BCUT2D eigenvalue weighted by molar-refractivity contribution is 5.69. The zero-order valence-electron chi connectivity index (χ0n) is 10.4. The van der Waals surface area contributed by atoms with Crippen LogP contribution >= 0.6 is 0 Å². The Kier molecular flexibility index (Phi) is 14.6. The Balaban J connectivity index is 0. The lowest BCUT2D eigenvalue weighted by Crippen LogP contribution is -2.04. The summed E-state index contributed by atoms with van der Waals surface area (Å²) >= 11 is 0. The van der Waals surface area contributed by atoms with E-state index in [-0.39, 0.29) is 5.97 Å². The van der Waals surface area contributed by atoms with Crippen LogP contribution in [0.3, 0.4) is 0 Å². The van der Waals surface area contributed by atoms with Crippen molar-refractivity contribution < 1.29 is 19.4 Å². The maximum atomic E-state index is 10.8. The average molecular weight is 230 g/mol. The van der Waals surface area contributed by atoms with E-state index in [1.54, 1.807) is 0 Å². The van der Waals surface area contributed by atoms with Crippen molar-refractivity contribution in [1.29, 1.82) is 0 Å². The molecule has 0 fully saturated rings. The van der Waals surface area contributed by atoms with E-state index in [1.807, 2.05) is 13.0 Å². The van der Waals surface area contributed by atoms with Gasteiger partial charge in [-0.3, -0.25) is 9.59 Å². The predicted octanol–water partition coefficient (Wildman–Crippen LogP) is 2.78. The Labute approximate surface area is 97.3 Å². The van der Waals surface area contributed by atoms with Gasteiger partial charge < -0.3 is 9.84 Å². The molecule has 0 saturated carbocycles. The molecule has 0 radical (unpaired) electrons. The number of aliphatic carboxylic acids is 1. The van der Waals surface area contributed by atoms with Crippen LogP contribution in [-0.2, 0) is 14.3 Å². The SMILES string of the molecule is CC(=O)O.CC/C=C\CCOC(=O)CCC. The summed E-state index contributed by atoms with van der Waals surface area (Å²) in [6, 6.07) is 0. The van der Waals surface area contributed by atoms with Crippen molar-refractivity contribution in [1.82, 2.24) is 0 Å². The molecule has 4 heteroatoms. The number of esters is 1. The predicted molar refractivity (Wildman–Crippen MR) is 63.2 cm³/mol. The second-order valence-corrected chi connectivity index (χ2v) is 3.16. The summed E-state index contributed by atoms with van der Waals surface area (Å²) in [5, 5.41) is 7.42. The number of carbonyl (C=O) groups is 2. The third kappa shape index (κ3) is 23.0. The first kappa shape index (κ1) is 17.1. The molecule has 0 aliphatic heterocycles. The van der Waals surface area contributed by atoms with E-state index >= 15 is 0 Å². The van der Waals surface area contributed by atoms with Gasteiger partial charge in [0.05, 0.1) is 6.61 Å². The quantitative estimate of drug-likeness (QED) is 0.433. The fourth-order valence-corrected chi connectivity index (χ4v) is 0.802. The largest absolute Gasteiger partial charge is 0.481 e. The number of carboxylic acids is 1. The van der Waals surface area contributed by atoms with Gasteiger partial charge in [0.2, 0.25) is 0 Å². The molecular weight excluding hydrogens is 208 g/mol. The highest BCUT2D eigenvalue weighted by Crippen LogP contribution is 1.93. The molecule has 0 rings (SSSR count). The number of allylic oxidation sites excluding steroid dienone is 1. The van der Waals surface area contributed by atoms with Gasteiger partial charge in [-0.05, 0) is 19.3 Å². The molecule has 0 aromatic carbocycles. The molecule has 16 heavy (non-hydrogen) atoms. The van der Waals surface area contributed by atoms with Crippen molar-refractivity contribution in [2.45, 2.75) is 46.5 Å². The Morgan fingerprint density at radius 2 is 1.81 bits per heavy atom. The number of rotatable bonds is 6. The Morgan fingerprint density at radius 3 is 2.25 bits per heavy atom. The third-order valence-electron chi connectivity index (χ3n) is 1.40. The Hall–Kier alpha value is -1.32. The molecule has 0 amide bonds. The van der Waals surface area contributed by atoms with Crippen molar-refractivity contribution in [3.63, 3.8) is 0 Å². The Bertz CT molecular complexity index is 205. The van der Waals surface area contributed by atoms with Crippen LogP contribution in [-0.4, -0.2) is 23.7 Å². The van der Waals surface area contributed by atoms with Crippen LogP contribution in [0.2, 0.25) is 0 Å². The summed E-state index contributed by atoms with van der Waals surface area (Å²) in [7, 11) is 0. The van der Waals surface area contributed by atoms with Crippen LogP contribution in [0.4, 0.5) is 0 Å². The summed E-state index contributed by atoms with van der Waals surface area (Å²) in [6.45, 7) is 5.66. The van der Waals surface area contributed by atoms with Crippen molar-refractivity contribution in [2.24, 2.45) is 0 Å². The van der Waals surface area contributed by atoms with Gasteiger partial charge in [-0.2, -0.15) is 0 Å². The molecule has 0 aromatic rings. The molecule has 0 atom stereocenters. The van der Waals surface area contributed by atoms with Crippen LogP contribution in [0.25, 0.3) is 0 Å². The minimum absolute atomic E-state index is 0.0811. The van der Waals surface area contributed by atoms with E-state index in [0.29, 0.717) is 13.0 Å². The molecule has 0 bridgehead atoms. The minimum atomic E-state index is -0.833. The number of hydrogen-bond donors (Lipinski definition) is 1. The molecule has 4 nitrogen and oxygen atoms in total. The number of carboxylic acid groups (broad SMARTS) is 1. The molecule has 0 aliphatic rings. The second kappa shape index (κ2) is 13.7. The Morgan fingerprint density at radius 1 is 1.25 bits per heavy atom. The highest BCUT2D eigenvalue weighted by Gasteiger charge is 1.97. The van der Waals surface area contributed by atoms with E-state index in [2.05, 4.69) is 13.0 Å². The van der Waals surface area contributed by atoms with Crippen molar-refractivity contribution in [3.05, 3.63) is 12.2 Å². The maximum absolute atomic E-state index is 10.8. The first-order valence-electron chi connectivity index (χ1n) is 5.54. The zero-order chi connectivity index (χ0) is 12.8. The van der Waals surface area contributed by atoms with E-state index in [1.165, 1.54) is 0 Å². The van der Waals surface area contributed by atoms with Crippen LogP contribution in [0, 0.1) is 0 Å². The molecule has 1 N–H and O–H groups in total. The number of carbonyl (C=O) groups excluding carboxylic acids is 1. The van der Waals surface area contributed by atoms with E-state index in [9.17, 15) is 4.79 Å². The molecule has 0 saturated heterocycles. The van der Waals surface area contributed by atoms with Crippen LogP contribution in [0.1, 0.15) is 46.5 Å². The van der Waals surface area contributed by atoms with Gasteiger partial charge in [-0.15, -0.1) is 0 Å². The normalized spacial score (nSPS) is 9.44. The van der Waals surface area contributed by atoms with E-state index in [0.717, 1.165) is 26.2 Å². The van der Waals surface area contributed by atoms with Crippen LogP contribution in [0.5, 0.6) is 0 Å². The molecule has 0 unspecified atom stereocenters. The first-order chi connectivity index (χ1) is 7.54. The summed E-state index contributed by atoms with van der Waals surface area (Å²) in [6.07, 6.45) is 7.40. The standard InChI is InChI=1S/C10H18O2.C2H4O2/c1-3-5-6-7-9-12-10(11)8-4-2;1-2(3)4/h5-6H,3-4,7-9H2,1-2H3;1H3,(H,3,4)/b6-5-;. The van der Waals surface area contributed by atoms with Gasteiger partial charge in [-0.1, -0.05) is 26.0 Å². The fraction of sp³-hybridized carbons (Fsp3) is 0.667. The summed E-state index contributed by atoms with van der Waals surface area (Å²) in [4.78, 5) is 19.8. The lowest BCUT2D eigenvalue weighted by atomic mass is 10.3. The zero-order valence-corrected chi connectivity index (χ0v) is 10.4. The summed E-state index contributed by atoms with van der Waals surface area (Å²) in [5.41, 5.74) is 0. The molecular formula is C12H22O4. The fourth-order valence-electron chi connectivity index (χ4n) is 0.802. The molecule has 0 heterocycles. The lowest BCUT2D eigenvalue weighted by Gasteiger charge is -2.00. The number of ether oxygens (including phenoxy) is 1. The van der Waals surface area contributed by atoms with E-state index in [4.69, 9.17) is 14.6 Å². The summed E-state index contributed by atoms with van der Waals surface area (Å²) in [5.74, 6) is -0.914. The highest BCUT2D eigenvalue weighted by atomic mass is 16.5. The average Bonchev–Trinajstić information content (AvgIpc) is 2.17. The molecule has 0 aliphatic carbocycles. The van der Waals surface area contributed by atoms with Gasteiger partial charge >= 0.3 is 5.97 Å². The molecule has 0 spiro atoms. The smallest absolute Gasteiger partial charge is 0.305 e. The number of hydrogen-bond acceptors (Lipinski definition) is 3. The van der Waals surface area contributed by atoms with Gasteiger partial charge in [-0.25, -0.2) is 0 Å². The first-order valence-corrected chi connectivity index (χ1v) is 5.54. The second-order valence-electron chi connectivity index (χ2n) is 3.16. The van der Waals surface area contributed by atoms with Crippen LogP contribution < -0.4 is 0 Å². The van der Waals surface area contributed by atoms with Gasteiger partial charge in [0.15, 0.2) is 0 Å². The van der Waals surface area contributed by atoms with Crippen molar-refractivity contribution in [3.8, 4) is 0 Å². The van der Waals surface area contributed by atoms with E-state index < -0.39 is 5.97 Å². The monoisotopic (exact) mass is 230 g/mol. The minimum Gasteiger partial charge on any atom is -0.481 e. The lowest BCUT2D eigenvalue weighted by molar-refractivity contribution is -0.143. The summed E-state index contributed by atoms with van der Waals surface area (Å²) < 4.78 is 4.94. The molecule has 94 valence electrons. The topological polar surface area (TPSA) is 63.6 Å². The van der Waals surface area contributed by atoms with Crippen LogP contribution in [0.15, 0.2) is 12.2 Å². The maximum Gasteiger partial charge on any atom is 0.305 e. The van der Waals surface area contributed by atoms with Crippen molar-refractivity contribution >= 4 is 11.9 Å². The van der Waals surface area contributed by atoms with Gasteiger partial charge in [0.25, 0.3) is 5.97 Å². The molecule has 0 aromatic heterocycles. The van der Waals surface area contributed by atoms with Gasteiger partial charge in [0, 0.05) is 13.3 Å². The van der Waals surface area contributed by atoms with Crippen molar-refractivity contribution in [2.75, 3.05) is 6.61 Å². The van der Waals surface area contributed by atoms with Gasteiger partial charge in [0.1, 0.15) is 0 Å². The third-order valence-corrected chi connectivity index (χ3v) is 1.40.